The van der Waals surface area contributed by atoms with E-state index < -0.39 is 11.2 Å². The molecule has 0 amide bonds. The highest BCUT2D eigenvalue weighted by Crippen LogP contribution is 2.72. The molecule has 4 rings (SSSR count). The fourth-order valence-electron chi connectivity index (χ4n) is 8.68. The lowest BCUT2D eigenvalue weighted by molar-refractivity contribution is -0.292. The second-order valence-electron chi connectivity index (χ2n) is 11.2. The highest BCUT2D eigenvalue weighted by Gasteiger charge is 2.70. The zero-order chi connectivity index (χ0) is 18.3. The minimum atomic E-state index is -0.938. The number of hydrogen-bond acceptors (Lipinski definition) is 2. The van der Waals surface area contributed by atoms with Crippen LogP contribution in [-0.4, -0.2) is 21.4 Å². The number of hydrogen-bond donors (Lipinski definition) is 2. The molecule has 0 radical (unpaired) electrons. The van der Waals surface area contributed by atoms with Crippen molar-refractivity contribution in [2.75, 3.05) is 0 Å². The molecule has 4 saturated carbocycles. The minimum Gasteiger partial charge on any atom is -0.387 e. The van der Waals surface area contributed by atoms with Crippen LogP contribution in [0.4, 0.5) is 0 Å². The van der Waals surface area contributed by atoms with E-state index in [0.717, 1.165) is 31.6 Å². The van der Waals surface area contributed by atoms with Crippen LogP contribution in [0.1, 0.15) is 98.8 Å². The third kappa shape index (κ3) is 1.99. The molecule has 0 aromatic carbocycles. The third-order valence-corrected chi connectivity index (χ3v) is 10.8. The molecule has 0 spiro atoms. The fourth-order valence-corrected chi connectivity index (χ4v) is 8.68. The second-order valence-corrected chi connectivity index (χ2v) is 11.2. The van der Waals surface area contributed by atoms with Gasteiger partial charge in [-0.25, -0.2) is 0 Å². The highest BCUT2D eigenvalue weighted by atomic mass is 16.4. The maximum Gasteiger partial charge on any atom is 0.0986 e. The molecule has 8 atom stereocenters. The first-order valence-corrected chi connectivity index (χ1v) is 11.0. The highest BCUT2D eigenvalue weighted by molar-refractivity contribution is 5.20. The van der Waals surface area contributed by atoms with Gasteiger partial charge in [-0.3, -0.25) is 0 Å². The van der Waals surface area contributed by atoms with E-state index in [1.165, 1.54) is 38.5 Å². The monoisotopic (exact) mass is 348 g/mol. The van der Waals surface area contributed by atoms with Gasteiger partial charge in [-0.05, 0) is 80.5 Å². The lowest BCUT2D eigenvalue weighted by Gasteiger charge is -2.68. The molecule has 0 unspecified atom stereocenters. The van der Waals surface area contributed by atoms with Gasteiger partial charge in [0, 0.05) is 5.41 Å². The molecule has 2 N–H and O–H groups in total. The van der Waals surface area contributed by atoms with Crippen LogP contribution in [0, 0.1) is 34.0 Å². The van der Waals surface area contributed by atoms with Gasteiger partial charge < -0.3 is 10.2 Å². The van der Waals surface area contributed by atoms with Crippen LogP contribution >= 0.6 is 0 Å². The molecule has 0 aromatic rings. The molecule has 0 aliphatic heterocycles. The van der Waals surface area contributed by atoms with Gasteiger partial charge in [0.2, 0.25) is 0 Å². The Morgan fingerprint density at radius 1 is 0.800 bits per heavy atom. The first-order valence-electron chi connectivity index (χ1n) is 11.0. The summed E-state index contributed by atoms with van der Waals surface area (Å²) in [7, 11) is 0. The van der Waals surface area contributed by atoms with Crippen molar-refractivity contribution in [2.24, 2.45) is 34.0 Å². The Morgan fingerprint density at radius 3 is 2.08 bits per heavy atom. The van der Waals surface area contributed by atoms with E-state index in [4.69, 9.17) is 0 Å². The molecule has 4 aliphatic rings. The van der Waals surface area contributed by atoms with Crippen LogP contribution in [-0.2, 0) is 0 Å². The second kappa shape index (κ2) is 5.25. The van der Waals surface area contributed by atoms with Gasteiger partial charge in [0.25, 0.3) is 0 Å². The Balaban J connectivity index is 1.76. The molecule has 0 bridgehead atoms. The Labute approximate surface area is 154 Å². The average Bonchev–Trinajstić information content (AvgIpc) is 2.82. The van der Waals surface area contributed by atoms with E-state index in [9.17, 15) is 10.2 Å². The van der Waals surface area contributed by atoms with E-state index in [1.54, 1.807) is 0 Å². The SMILES string of the molecule is CC[C@@]1(C)CC[C@H]2[C@@H]3C[C@@](C)(O)[C@@]4(O)CCCC[C@]4(C)[C@H]3CC[C@@]21C. The van der Waals surface area contributed by atoms with Crippen molar-refractivity contribution in [1.29, 1.82) is 0 Å². The molecule has 144 valence electrons. The quantitative estimate of drug-likeness (QED) is 0.674. The molecule has 0 aromatic heterocycles. The largest absolute Gasteiger partial charge is 0.387 e. The van der Waals surface area contributed by atoms with Crippen molar-refractivity contribution in [3.05, 3.63) is 0 Å². The standard InChI is InChI=1S/C23H40O2/c1-6-19(2)13-9-17-16-15-22(5,24)23(25)12-8-7-11-21(23,4)18(16)10-14-20(17,19)3/h16-18,24-25H,6-15H2,1-5H3/t16-,17-,18-,19-,20-,21+,22+,23+/m0/s1. The summed E-state index contributed by atoms with van der Waals surface area (Å²) in [5.41, 5.74) is -1.06. The van der Waals surface area contributed by atoms with E-state index >= 15 is 0 Å². The summed E-state index contributed by atoms with van der Waals surface area (Å²) in [6, 6.07) is 0. The summed E-state index contributed by atoms with van der Waals surface area (Å²) in [4.78, 5) is 0. The molecule has 2 nitrogen and oxygen atoms in total. The van der Waals surface area contributed by atoms with Crippen LogP contribution in [0.3, 0.4) is 0 Å². The Bertz CT molecular complexity index is 556. The van der Waals surface area contributed by atoms with Crippen LogP contribution in [0.25, 0.3) is 0 Å². The summed E-state index contributed by atoms with van der Waals surface area (Å²) < 4.78 is 0. The maximum atomic E-state index is 11.7. The van der Waals surface area contributed by atoms with Crippen molar-refractivity contribution in [1.82, 2.24) is 0 Å². The summed E-state index contributed by atoms with van der Waals surface area (Å²) >= 11 is 0. The summed E-state index contributed by atoms with van der Waals surface area (Å²) in [6.07, 6.45) is 11.5. The van der Waals surface area contributed by atoms with E-state index in [-0.39, 0.29) is 5.41 Å². The van der Waals surface area contributed by atoms with Gasteiger partial charge in [-0.15, -0.1) is 0 Å². The predicted molar refractivity (Wildman–Crippen MR) is 102 cm³/mol. The summed E-state index contributed by atoms with van der Waals surface area (Å²) in [5, 5.41) is 23.2. The van der Waals surface area contributed by atoms with Crippen LogP contribution in [0.15, 0.2) is 0 Å². The lowest BCUT2D eigenvalue weighted by atomic mass is 9.39. The van der Waals surface area contributed by atoms with E-state index in [0.29, 0.717) is 22.7 Å². The normalized spacial score (nSPS) is 61.3. The van der Waals surface area contributed by atoms with Gasteiger partial charge in [0.15, 0.2) is 0 Å². The van der Waals surface area contributed by atoms with Gasteiger partial charge in [-0.2, -0.15) is 0 Å². The van der Waals surface area contributed by atoms with Gasteiger partial charge in [0.1, 0.15) is 0 Å². The first kappa shape index (κ1) is 18.3. The first-order chi connectivity index (χ1) is 11.5. The summed E-state index contributed by atoms with van der Waals surface area (Å²) in [6.45, 7) is 11.7. The van der Waals surface area contributed by atoms with Crippen molar-refractivity contribution in [3.8, 4) is 0 Å². The predicted octanol–water partition coefficient (Wildman–Crippen LogP) is 5.31. The smallest absolute Gasteiger partial charge is 0.0986 e. The molecular weight excluding hydrogens is 308 g/mol. The van der Waals surface area contributed by atoms with Crippen molar-refractivity contribution >= 4 is 0 Å². The Kier molecular flexibility index (Phi) is 3.84. The number of fused-ring (bicyclic) bond motifs is 5. The van der Waals surface area contributed by atoms with Gasteiger partial charge >= 0.3 is 0 Å². The Hall–Kier alpha value is -0.0800. The van der Waals surface area contributed by atoms with Crippen molar-refractivity contribution in [2.45, 2.75) is 110 Å². The molecule has 2 heteroatoms. The van der Waals surface area contributed by atoms with Crippen molar-refractivity contribution in [3.63, 3.8) is 0 Å². The molecule has 25 heavy (non-hydrogen) atoms. The zero-order valence-corrected chi connectivity index (χ0v) is 17.2. The maximum absolute atomic E-state index is 11.7. The molecular formula is C23H40O2. The average molecular weight is 349 g/mol. The number of rotatable bonds is 1. The third-order valence-electron chi connectivity index (χ3n) is 10.8. The molecule has 4 aliphatic carbocycles. The van der Waals surface area contributed by atoms with Crippen LogP contribution in [0.2, 0.25) is 0 Å². The Morgan fingerprint density at radius 2 is 1.40 bits per heavy atom. The fraction of sp³-hybridized carbons (Fsp3) is 1.00. The molecule has 0 heterocycles. The lowest BCUT2D eigenvalue weighted by Crippen LogP contribution is -2.72. The van der Waals surface area contributed by atoms with Crippen LogP contribution in [0.5, 0.6) is 0 Å². The van der Waals surface area contributed by atoms with E-state index in [1.807, 2.05) is 6.92 Å². The molecule has 4 fully saturated rings. The van der Waals surface area contributed by atoms with Crippen LogP contribution < -0.4 is 0 Å². The molecule has 0 saturated heterocycles. The topological polar surface area (TPSA) is 40.5 Å². The van der Waals surface area contributed by atoms with Gasteiger partial charge in [0.05, 0.1) is 11.2 Å². The summed E-state index contributed by atoms with van der Waals surface area (Å²) in [5.74, 6) is 1.91. The minimum absolute atomic E-state index is 0.107. The zero-order valence-electron chi connectivity index (χ0n) is 17.2. The van der Waals surface area contributed by atoms with Crippen molar-refractivity contribution < 1.29 is 10.2 Å². The number of aliphatic hydroxyl groups is 2. The van der Waals surface area contributed by atoms with E-state index in [2.05, 4.69) is 27.7 Å². The van der Waals surface area contributed by atoms with Gasteiger partial charge in [-0.1, -0.05) is 47.0 Å².